The van der Waals surface area contributed by atoms with Crippen LogP contribution < -0.4 is 0 Å². The van der Waals surface area contributed by atoms with Gasteiger partial charge in [-0.25, -0.2) is 9.37 Å². The third-order valence-electron chi connectivity index (χ3n) is 3.31. The van der Waals surface area contributed by atoms with E-state index in [1.807, 2.05) is 35.8 Å². The molecule has 1 heterocycles. The van der Waals surface area contributed by atoms with Crippen molar-refractivity contribution < 1.29 is 9.18 Å². The minimum atomic E-state index is -0.342. The molecule has 20 heavy (non-hydrogen) atoms. The van der Waals surface area contributed by atoms with Gasteiger partial charge in [-0.2, -0.15) is 0 Å². The first kappa shape index (κ1) is 12.5. The van der Waals surface area contributed by atoms with Crippen molar-refractivity contribution in [3.63, 3.8) is 0 Å². The standard InChI is InChI=1S/C16H13FN2O/c1-11-18-14-4-2-3-5-15(14)19(11)10-16(20)12-6-8-13(17)9-7-12/h2-9H,10H2,1H3. The minimum absolute atomic E-state index is 0.0590. The molecule has 0 amide bonds. The van der Waals surface area contributed by atoms with Gasteiger partial charge in [-0.05, 0) is 43.3 Å². The molecule has 0 unspecified atom stereocenters. The number of aryl methyl sites for hydroxylation is 1. The summed E-state index contributed by atoms with van der Waals surface area (Å²) in [5.41, 5.74) is 2.31. The summed E-state index contributed by atoms with van der Waals surface area (Å²) in [7, 11) is 0. The summed E-state index contributed by atoms with van der Waals surface area (Å²) in [5.74, 6) is 0.392. The number of hydrogen-bond acceptors (Lipinski definition) is 2. The Morgan fingerprint density at radius 1 is 1.15 bits per heavy atom. The average molecular weight is 268 g/mol. The van der Waals surface area contributed by atoms with Crippen LogP contribution in [-0.2, 0) is 6.54 Å². The van der Waals surface area contributed by atoms with Gasteiger partial charge in [0.2, 0.25) is 0 Å². The van der Waals surface area contributed by atoms with Crippen LogP contribution in [0.3, 0.4) is 0 Å². The summed E-state index contributed by atoms with van der Waals surface area (Å²) in [4.78, 5) is 16.7. The smallest absolute Gasteiger partial charge is 0.182 e. The molecular formula is C16H13FN2O. The molecule has 0 fully saturated rings. The average Bonchev–Trinajstić information content (AvgIpc) is 2.76. The van der Waals surface area contributed by atoms with Crippen molar-refractivity contribution in [2.24, 2.45) is 0 Å². The Balaban J connectivity index is 1.95. The maximum absolute atomic E-state index is 12.9. The summed E-state index contributed by atoms with van der Waals surface area (Å²) < 4.78 is 14.7. The van der Waals surface area contributed by atoms with Crippen LogP contribution in [0.25, 0.3) is 11.0 Å². The van der Waals surface area contributed by atoms with Crippen molar-refractivity contribution in [1.82, 2.24) is 9.55 Å². The number of carbonyl (C=O) groups is 1. The molecule has 4 heteroatoms. The lowest BCUT2D eigenvalue weighted by molar-refractivity contribution is 0.0972. The van der Waals surface area contributed by atoms with Gasteiger partial charge < -0.3 is 4.57 Å². The van der Waals surface area contributed by atoms with Gasteiger partial charge in [-0.15, -0.1) is 0 Å². The highest BCUT2D eigenvalue weighted by molar-refractivity contribution is 5.96. The minimum Gasteiger partial charge on any atom is -0.320 e. The van der Waals surface area contributed by atoms with E-state index in [9.17, 15) is 9.18 Å². The van der Waals surface area contributed by atoms with Gasteiger partial charge in [0.25, 0.3) is 0 Å². The molecule has 0 saturated heterocycles. The Hall–Kier alpha value is -2.49. The summed E-state index contributed by atoms with van der Waals surface area (Å²) in [5, 5.41) is 0. The van der Waals surface area contributed by atoms with Crippen molar-refractivity contribution >= 4 is 16.8 Å². The third-order valence-corrected chi connectivity index (χ3v) is 3.31. The molecule has 0 radical (unpaired) electrons. The number of aromatic nitrogens is 2. The third kappa shape index (κ3) is 2.20. The van der Waals surface area contributed by atoms with E-state index < -0.39 is 0 Å². The molecule has 0 saturated carbocycles. The lowest BCUT2D eigenvalue weighted by Gasteiger charge is -2.06. The monoisotopic (exact) mass is 268 g/mol. The zero-order chi connectivity index (χ0) is 14.1. The predicted molar refractivity (Wildman–Crippen MR) is 75.2 cm³/mol. The number of para-hydroxylation sites is 2. The fourth-order valence-corrected chi connectivity index (χ4v) is 2.27. The molecule has 0 bridgehead atoms. The van der Waals surface area contributed by atoms with Crippen molar-refractivity contribution in [2.75, 3.05) is 0 Å². The van der Waals surface area contributed by atoms with Crippen LogP contribution >= 0.6 is 0 Å². The molecule has 100 valence electrons. The summed E-state index contributed by atoms with van der Waals surface area (Å²) >= 11 is 0. The van der Waals surface area contributed by atoms with Gasteiger partial charge >= 0.3 is 0 Å². The number of rotatable bonds is 3. The SMILES string of the molecule is Cc1nc2ccccc2n1CC(=O)c1ccc(F)cc1. The predicted octanol–water partition coefficient (Wildman–Crippen LogP) is 3.37. The van der Waals surface area contributed by atoms with Crippen molar-refractivity contribution in [2.45, 2.75) is 13.5 Å². The fourth-order valence-electron chi connectivity index (χ4n) is 2.27. The molecule has 0 atom stereocenters. The van der Waals surface area contributed by atoms with Crippen LogP contribution in [0.1, 0.15) is 16.2 Å². The zero-order valence-electron chi connectivity index (χ0n) is 11.0. The van der Waals surface area contributed by atoms with E-state index in [1.54, 1.807) is 0 Å². The maximum Gasteiger partial charge on any atom is 0.182 e. The van der Waals surface area contributed by atoms with E-state index >= 15 is 0 Å². The summed E-state index contributed by atoms with van der Waals surface area (Å²) in [6.45, 7) is 2.08. The number of Topliss-reactive ketones (excluding diaryl/α,β-unsaturated/α-hetero) is 1. The molecule has 0 aliphatic carbocycles. The van der Waals surface area contributed by atoms with E-state index in [-0.39, 0.29) is 18.1 Å². The Bertz CT molecular complexity index is 775. The first-order chi connectivity index (χ1) is 9.65. The number of nitrogens with zero attached hydrogens (tertiary/aromatic N) is 2. The quantitative estimate of drug-likeness (QED) is 0.683. The molecule has 3 nitrogen and oxygen atoms in total. The van der Waals surface area contributed by atoms with Crippen LogP contribution in [0.15, 0.2) is 48.5 Å². The second kappa shape index (κ2) is 4.89. The first-order valence-corrected chi connectivity index (χ1v) is 6.36. The van der Waals surface area contributed by atoms with E-state index in [2.05, 4.69) is 4.98 Å². The van der Waals surface area contributed by atoms with E-state index in [0.29, 0.717) is 5.56 Å². The highest BCUT2D eigenvalue weighted by Gasteiger charge is 2.12. The van der Waals surface area contributed by atoms with Crippen LogP contribution in [0.2, 0.25) is 0 Å². The molecule has 3 rings (SSSR count). The van der Waals surface area contributed by atoms with E-state index in [1.165, 1.54) is 24.3 Å². The lowest BCUT2D eigenvalue weighted by atomic mass is 10.1. The zero-order valence-corrected chi connectivity index (χ0v) is 11.0. The van der Waals surface area contributed by atoms with Gasteiger partial charge in [0.05, 0.1) is 17.6 Å². The largest absolute Gasteiger partial charge is 0.320 e. The van der Waals surface area contributed by atoms with Crippen molar-refractivity contribution in [1.29, 1.82) is 0 Å². The number of imidazole rings is 1. The Labute approximate surface area is 115 Å². The van der Waals surface area contributed by atoms with E-state index in [0.717, 1.165) is 16.9 Å². The molecule has 0 spiro atoms. The highest BCUT2D eigenvalue weighted by atomic mass is 19.1. The Morgan fingerprint density at radius 3 is 2.60 bits per heavy atom. The van der Waals surface area contributed by atoms with Crippen LogP contribution in [0.4, 0.5) is 4.39 Å². The fraction of sp³-hybridized carbons (Fsp3) is 0.125. The van der Waals surface area contributed by atoms with Gasteiger partial charge in [0.1, 0.15) is 11.6 Å². The Kier molecular flexibility index (Phi) is 3.06. The van der Waals surface area contributed by atoms with Crippen LogP contribution in [0, 0.1) is 12.7 Å². The van der Waals surface area contributed by atoms with Crippen molar-refractivity contribution in [3.8, 4) is 0 Å². The number of ketones is 1. The van der Waals surface area contributed by atoms with Gasteiger partial charge in [-0.3, -0.25) is 4.79 Å². The molecule has 0 aliphatic rings. The number of benzene rings is 2. The summed E-state index contributed by atoms with van der Waals surface area (Å²) in [6, 6.07) is 13.3. The van der Waals surface area contributed by atoms with Crippen LogP contribution in [0.5, 0.6) is 0 Å². The normalized spacial score (nSPS) is 10.9. The topological polar surface area (TPSA) is 34.9 Å². The second-order valence-electron chi connectivity index (χ2n) is 4.66. The number of hydrogen-bond donors (Lipinski definition) is 0. The highest BCUT2D eigenvalue weighted by Crippen LogP contribution is 2.16. The molecule has 0 aliphatic heterocycles. The van der Waals surface area contributed by atoms with Gasteiger partial charge in [-0.1, -0.05) is 12.1 Å². The molecule has 0 N–H and O–H groups in total. The lowest BCUT2D eigenvalue weighted by Crippen LogP contribution is -2.11. The molecule has 1 aromatic heterocycles. The Morgan fingerprint density at radius 2 is 1.85 bits per heavy atom. The van der Waals surface area contributed by atoms with Gasteiger partial charge in [0, 0.05) is 5.56 Å². The summed E-state index contributed by atoms with van der Waals surface area (Å²) in [6.07, 6.45) is 0. The van der Waals surface area contributed by atoms with Crippen molar-refractivity contribution in [3.05, 3.63) is 65.7 Å². The number of fused-ring (bicyclic) bond motifs is 1. The molecule has 2 aromatic carbocycles. The number of halogens is 1. The number of carbonyl (C=O) groups excluding carboxylic acids is 1. The molecule has 3 aromatic rings. The van der Waals surface area contributed by atoms with Gasteiger partial charge in [0.15, 0.2) is 5.78 Å². The second-order valence-corrected chi connectivity index (χ2v) is 4.66. The van der Waals surface area contributed by atoms with E-state index in [4.69, 9.17) is 0 Å². The van der Waals surface area contributed by atoms with Crippen LogP contribution in [-0.4, -0.2) is 15.3 Å². The molecular weight excluding hydrogens is 255 g/mol. The first-order valence-electron chi connectivity index (χ1n) is 6.36. The maximum atomic E-state index is 12.9.